The predicted molar refractivity (Wildman–Crippen MR) is 163 cm³/mol. The number of carbonyl (C=O) groups is 1. The normalized spacial score (nSPS) is 23.7. The number of likely N-dealkylation sites (tertiary alicyclic amines) is 2. The van der Waals surface area contributed by atoms with E-state index in [2.05, 4.69) is 62.2 Å². The lowest BCUT2D eigenvalue weighted by Gasteiger charge is -2.40. The number of amides is 2. The van der Waals surface area contributed by atoms with Crippen molar-refractivity contribution in [1.82, 2.24) is 29.2 Å². The van der Waals surface area contributed by atoms with Crippen LogP contribution in [0.1, 0.15) is 98.0 Å². The van der Waals surface area contributed by atoms with E-state index in [4.69, 9.17) is 4.98 Å². The van der Waals surface area contributed by atoms with E-state index in [1.54, 1.807) is 0 Å². The lowest BCUT2D eigenvalue weighted by molar-refractivity contribution is 0.0911. The standard InChI is InChI=1S/C16H27N3.C14H27N3O.C2H6/c1-12(2)14-6-9-19-15(10-14)11-17-16(19)13-4-7-18(3)8-5-13;1-12(2)15-8-10-17(11-9-15)14(18)16-6-4-13(3)5-7-16;1-2/h11-14H,4-10H2,1-3H3;12-13H,4-11H2,1-3H3;1-2H3. The molecule has 0 saturated carbocycles. The summed E-state index contributed by atoms with van der Waals surface area (Å²) in [6, 6.07) is 0.864. The Labute approximate surface area is 240 Å². The average molecular weight is 545 g/mol. The van der Waals surface area contributed by atoms with Crippen LogP contribution in [-0.4, -0.2) is 101 Å². The minimum atomic E-state index is 0.269. The second-order valence-electron chi connectivity index (χ2n) is 12.9. The summed E-state index contributed by atoms with van der Waals surface area (Å²) >= 11 is 0. The molecular weight excluding hydrogens is 484 g/mol. The summed E-state index contributed by atoms with van der Waals surface area (Å²) < 4.78 is 2.54. The molecular formula is C32H60N6O. The molecule has 4 aliphatic rings. The number of imidazole rings is 1. The molecule has 4 aliphatic heterocycles. The molecule has 7 heteroatoms. The highest BCUT2D eigenvalue weighted by atomic mass is 16.2. The molecule has 5 rings (SSSR count). The molecule has 0 aliphatic carbocycles. The SMILES string of the molecule is CC.CC(C)C1CCn2c(cnc2C2CCN(C)CC2)C1.CC1CCN(C(=O)N2CCN(C(C)C)CC2)CC1. The highest BCUT2D eigenvalue weighted by Crippen LogP contribution is 2.32. The van der Waals surface area contributed by atoms with Gasteiger partial charge in [-0.3, -0.25) is 4.90 Å². The molecule has 5 heterocycles. The molecule has 0 spiro atoms. The van der Waals surface area contributed by atoms with Gasteiger partial charge in [0, 0.05) is 69.7 Å². The molecule has 0 N–H and O–H groups in total. The highest BCUT2D eigenvalue weighted by molar-refractivity contribution is 5.74. The Hall–Kier alpha value is -1.60. The largest absolute Gasteiger partial charge is 0.332 e. The molecule has 3 saturated heterocycles. The molecule has 0 radical (unpaired) electrons. The number of hydrogen-bond donors (Lipinski definition) is 0. The number of nitrogens with zero attached hydrogens (tertiary/aromatic N) is 6. The van der Waals surface area contributed by atoms with Gasteiger partial charge in [0.25, 0.3) is 0 Å². The zero-order chi connectivity index (χ0) is 28.5. The Morgan fingerprint density at radius 2 is 1.41 bits per heavy atom. The zero-order valence-corrected chi connectivity index (χ0v) is 26.7. The highest BCUT2D eigenvalue weighted by Gasteiger charge is 2.29. The van der Waals surface area contributed by atoms with E-state index in [0.29, 0.717) is 12.0 Å². The first kappa shape index (κ1) is 31.9. The summed E-state index contributed by atoms with van der Waals surface area (Å²) in [7, 11) is 2.23. The van der Waals surface area contributed by atoms with Crippen molar-refractivity contribution in [1.29, 1.82) is 0 Å². The van der Waals surface area contributed by atoms with E-state index in [1.165, 1.54) is 56.8 Å². The van der Waals surface area contributed by atoms with Crippen molar-refractivity contribution in [3.63, 3.8) is 0 Å². The van der Waals surface area contributed by atoms with E-state index < -0.39 is 0 Å². The minimum absolute atomic E-state index is 0.269. The molecule has 224 valence electrons. The maximum absolute atomic E-state index is 12.4. The Kier molecular flexibility index (Phi) is 12.6. The summed E-state index contributed by atoms with van der Waals surface area (Å²) in [5.74, 6) is 4.52. The second kappa shape index (κ2) is 15.4. The van der Waals surface area contributed by atoms with Crippen LogP contribution in [0.15, 0.2) is 6.20 Å². The van der Waals surface area contributed by atoms with Crippen molar-refractivity contribution in [2.45, 2.75) is 105 Å². The number of aromatic nitrogens is 2. The van der Waals surface area contributed by atoms with Crippen LogP contribution in [0.25, 0.3) is 0 Å². The molecule has 0 aromatic carbocycles. The lowest BCUT2D eigenvalue weighted by atomic mass is 9.86. The maximum Gasteiger partial charge on any atom is 0.320 e. The van der Waals surface area contributed by atoms with Gasteiger partial charge in [-0.2, -0.15) is 0 Å². The molecule has 3 fully saturated rings. The first-order valence-corrected chi connectivity index (χ1v) is 16.2. The van der Waals surface area contributed by atoms with Crippen LogP contribution in [0.3, 0.4) is 0 Å². The molecule has 2 amide bonds. The first-order chi connectivity index (χ1) is 18.7. The fourth-order valence-electron chi connectivity index (χ4n) is 6.50. The van der Waals surface area contributed by atoms with Gasteiger partial charge in [0.05, 0.1) is 0 Å². The van der Waals surface area contributed by atoms with Crippen molar-refractivity contribution in [2.75, 3.05) is 59.4 Å². The molecule has 1 atom stereocenters. The van der Waals surface area contributed by atoms with Gasteiger partial charge in [0.2, 0.25) is 0 Å². The third-order valence-corrected chi connectivity index (χ3v) is 9.56. The molecule has 1 aromatic rings. The Morgan fingerprint density at radius 3 is 1.97 bits per heavy atom. The summed E-state index contributed by atoms with van der Waals surface area (Å²) in [4.78, 5) is 26.1. The van der Waals surface area contributed by atoms with Crippen molar-refractivity contribution in [3.8, 4) is 0 Å². The molecule has 7 nitrogen and oxygen atoms in total. The number of urea groups is 1. The van der Waals surface area contributed by atoms with Crippen LogP contribution in [0.5, 0.6) is 0 Å². The van der Waals surface area contributed by atoms with Gasteiger partial charge < -0.3 is 19.3 Å². The van der Waals surface area contributed by atoms with Gasteiger partial charge in [-0.1, -0.05) is 34.6 Å². The number of carbonyl (C=O) groups excluding carboxylic acids is 1. The van der Waals surface area contributed by atoms with Crippen LogP contribution < -0.4 is 0 Å². The second-order valence-corrected chi connectivity index (χ2v) is 12.9. The monoisotopic (exact) mass is 544 g/mol. The van der Waals surface area contributed by atoms with E-state index in [-0.39, 0.29) is 6.03 Å². The smallest absolute Gasteiger partial charge is 0.320 e. The lowest BCUT2D eigenvalue weighted by Crippen LogP contribution is -2.55. The van der Waals surface area contributed by atoms with Gasteiger partial charge in [0.1, 0.15) is 5.82 Å². The third kappa shape index (κ3) is 8.69. The first-order valence-electron chi connectivity index (χ1n) is 16.2. The van der Waals surface area contributed by atoms with Crippen LogP contribution in [0.2, 0.25) is 0 Å². The van der Waals surface area contributed by atoms with Gasteiger partial charge in [0.15, 0.2) is 0 Å². The third-order valence-electron chi connectivity index (χ3n) is 9.56. The van der Waals surface area contributed by atoms with E-state index >= 15 is 0 Å². The van der Waals surface area contributed by atoms with Gasteiger partial charge in [-0.05, 0) is 90.3 Å². The summed E-state index contributed by atoms with van der Waals surface area (Å²) in [5.41, 5.74) is 1.49. The fraction of sp³-hybridized carbons (Fsp3) is 0.875. The molecule has 0 bridgehead atoms. The Balaban J connectivity index is 0.000000203. The number of rotatable bonds is 3. The summed E-state index contributed by atoms with van der Waals surface area (Å²) in [5, 5.41) is 0. The van der Waals surface area contributed by atoms with Gasteiger partial charge in [-0.15, -0.1) is 0 Å². The van der Waals surface area contributed by atoms with Crippen LogP contribution in [-0.2, 0) is 13.0 Å². The molecule has 1 unspecified atom stereocenters. The van der Waals surface area contributed by atoms with Crippen molar-refractivity contribution >= 4 is 6.03 Å². The maximum atomic E-state index is 12.4. The average Bonchev–Trinajstić information content (AvgIpc) is 3.38. The van der Waals surface area contributed by atoms with Crippen molar-refractivity contribution in [2.24, 2.45) is 17.8 Å². The van der Waals surface area contributed by atoms with Gasteiger partial charge in [-0.25, -0.2) is 9.78 Å². The number of piperazine rings is 1. The number of fused-ring (bicyclic) bond motifs is 1. The quantitative estimate of drug-likeness (QED) is 0.482. The minimum Gasteiger partial charge on any atom is -0.332 e. The molecule has 1 aromatic heterocycles. The molecule has 39 heavy (non-hydrogen) atoms. The predicted octanol–water partition coefficient (Wildman–Crippen LogP) is 5.80. The van der Waals surface area contributed by atoms with E-state index in [1.807, 2.05) is 23.6 Å². The topological polar surface area (TPSA) is 47.9 Å². The fourth-order valence-corrected chi connectivity index (χ4v) is 6.50. The number of piperidine rings is 2. The Morgan fingerprint density at radius 1 is 0.821 bits per heavy atom. The van der Waals surface area contributed by atoms with Crippen LogP contribution >= 0.6 is 0 Å². The Bertz CT molecular complexity index is 843. The van der Waals surface area contributed by atoms with E-state index in [0.717, 1.165) is 69.9 Å². The summed E-state index contributed by atoms with van der Waals surface area (Å²) in [6.45, 7) is 24.8. The zero-order valence-electron chi connectivity index (χ0n) is 26.7. The number of hydrogen-bond acceptors (Lipinski definition) is 4. The van der Waals surface area contributed by atoms with Crippen LogP contribution in [0, 0.1) is 17.8 Å². The van der Waals surface area contributed by atoms with Gasteiger partial charge >= 0.3 is 6.03 Å². The summed E-state index contributed by atoms with van der Waals surface area (Å²) in [6.07, 6.45) is 9.61. The van der Waals surface area contributed by atoms with Crippen LogP contribution in [0.4, 0.5) is 4.79 Å². The van der Waals surface area contributed by atoms with Crippen molar-refractivity contribution < 1.29 is 4.79 Å². The van der Waals surface area contributed by atoms with E-state index in [9.17, 15) is 4.79 Å². The van der Waals surface area contributed by atoms with Crippen molar-refractivity contribution in [3.05, 3.63) is 17.7 Å².